The third-order valence-corrected chi connectivity index (χ3v) is 13.0. The first-order valence-corrected chi connectivity index (χ1v) is 16.1. The third kappa shape index (κ3) is 7.62. The lowest BCUT2D eigenvalue weighted by Gasteiger charge is -2.39. The van der Waals surface area contributed by atoms with E-state index in [4.69, 9.17) is 33.7 Å². The Morgan fingerprint density at radius 3 is 2.70 bits per heavy atom. The van der Waals surface area contributed by atoms with Gasteiger partial charge < -0.3 is 27.9 Å². The van der Waals surface area contributed by atoms with Gasteiger partial charge in [-0.2, -0.15) is 0 Å². The van der Waals surface area contributed by atoms with Gasteiger partial charge in [-0.1, -0.05) is 11.4 Å². The van der Waals surface area contributed by atoms with Crippen molar-refractivity contribution in [3.8, 4) is 0 Å². The summed E-state index contributed by atoms with van der Waals surface area (Å²) >= 11 is 1.29. The first kappa shape index (κ1) is 23.6. The lowest BCUT2D eigenvalue weighted by Crippen LogP contribution is -2.39. The van der Waals surface area contributed by atoms with Crippen molar-refractivity contribution in [3.63, 3.8) is 0 Å². The van der Waals surface area contributed by atoms with Crippen LogP contribution in [0.3, 0.4) is 0 Å². The van der Waals surface area contributed by atoms with E-state index in [1.54, 1.807) is 0 Å². The predicted molar refractivity (Wildman–Crippen MR) is 134 cm³/mol. The van der Waals surface area contributed by atoms with Gasteiger partial charge in [-0.15, -0.1) is 0 Å². The highest BCUT2D eigenvalue weighted by Crippen LogP contribution is 2.67. The molecule has 33 heavy (non-hydrogen) atoms. The summed E-state index contributed by atoms with van der Waals surface area (Å²) in [6.07, 6.45) is 0.724. The van der Waals surface area contributed by atoms with Crippen molar-refractivity contribution in [3.05, 3.63) is 11.4 Å². The maximum atomic E-state index is 13.8. The van der Waals surface area contributed by atoms with Crippen LogP contribution in [0.2, 0.25) is 0 Å². The van der Waals surface area contributed by atoms with Crippen LogP contribution in [0.25, 0.3) is 4.85 Å². The topological polar surface area (TPSA) is 70.8 Å². The molecule has 3 aliphatic rings. The van der Waals surface area contributed by atoms with Crippen LogP contribution in [0.1, 0.15) is 64.4 Å². The van der Waals surface area contributed by atoms with E-state index in [1.807, 2.05) is 0 Å². The fourth-order valence-corrected chi connectivity index (χ4v) is 11.6. The van der Waals surface area contributed by atoms with Crippen LogP contribution >= 0.6 is 26.5 Å². The Morgan fingerprint density at radius 1 is 1.27 bits per heavy atom. The van der Waals surface area contributed by atoms with E-state index in [2.05, 4.69) is 37.2 Å². The number of hydrogen-bond donors (Lipinski definition) is 0. The van der Waals surface area contributed by atoms with Crippen molar-refractivity contribution in [2.75, 3.05) is 32.5 Å². The Labute approximate surface area is 209 Å². The van der Waals surface area contributed by atoms with Gasteiger partial charge in [0.1, 0.15) is 6.61 Å². The molecule has 0 radical (unpaired) electrons. The predicted octanol–water partition coefficient (Wildman–Crippen LogP) is 5.72. The molecule has 0 aliphatic carbocycles. The van der Waals surface area contributed by atoms with Crippen LogP contribution in [0, 0.1) is 6.57 Å². The number of nitrogens with zero attached hydrogens (tertiary/aromatic N) is 2. The molecule has 0 aromatic rings. The molecule has 0 bridgehead atoms. The van der Waals surface area contributed by atoms with Crippen LogP contribution < -0.4 is 0 Å². The Bertz CT molecular complexity index is 789. The van der Waals surface area contributed by atoms with E-state index in [1.165, 1.54) is 11.4 Å². The van der Waals surface area contributed by atoms with Gasteiger partial charge in [0.05, 0.1) is 27.2 Å². The Balaban J connectivity index is 1.72. The largest absolute Gasteiger partial charge is 0.376 e. The fourth-order valence-electron chi connectivity index (χ4n) is 4.25. The first-order chi connectivity index (χ1) is 17.1. The Hall–Kier alpha value is 0.260. The lowest BCUT2D eigenvalue weighted by molar-refractivity contribution is 0.0402. The van der Waals surface area contributed by atoms with Crippen molar-refractivity contribution in [2.45, 2.75) is 102 Å². The first-order valence-electron chi connectivity index (χ1n) is 13.5. The van der Waals surface area contributed by atoms with E-state index in [0.717, 1.165) is 6.42 Å². The van der Waals surface area contributed by atoms with Gasteiger partial charge in [-0.3, -0.25) is 4.57 Å². The summed E-state index contributed by atoms with van der Waals surface area (Å²) in [4.78, 5) is 3.39. The molecule has 190 valence electrons. The Morgan fingerprint density at radius 2 is 2.00 bits per heavy atom. The normalized spacial score (nSPS) is 41.8. The molecular weight excluding hydrogens is 482 g/mol. The second-order valence-electron chi connectivity index (χ2n) is 9.01. The average Bonchev–Trinajstić information content (AvgIpc) is 3.33. The zero-order chi connectivity index (χ0) is 26.5. The summed E-state index contributed by atoms with van der Waals surface area (Å²) in [6.45, 7) is 11.3. The van der Waals surface area contributed by atoms with Gasteiger partial charge >= 0.3 is 0 Å². The molecular formula is C22H40N2O6P2S. The molecule has 0 saturated carbocycles. The lowest BCUT2D eigenvalue weighted by atomic mass is 10.1. The highest BCUT2D eigenvalue weighted by Gasteiger charge is 2.46. The highest BCUT2D eigenvalue weighted by atomic mass is 32.7. The summed E-state index contributed by atoms with van der Waals surface area (Å²) in [6, 6.07) is 0.322. The van der Waals surface area contributed by atoms with E-state index < -0.39 is 52.7 Å². The minimum Gasteiger partial charge on any atom is -0.376 e. The van der Waals surface area contributed by atoms with E-state index in [9.17, 15) is 4.57 Å². The van der Waals surface area contributed by atoms with Crippen LogP contribution in [0.15, 0.2) is 0 Å². The van der Waals surface area contributed by atoms with Gasteiger partial charge in [0.15, 0.2) is 0 Å². The molecule has 1 unspecified atom stereocenters. The molecule has 0 aromatic carbocycles. The zero-order valence-corrected chi connectivity index (χ0v) is 22.6. The summed E-state index contributed by atoms with van der Waals surface area (Å²) < 4.78 is 69.9. The molecule has 0 spiro atoms. The molecule has 0 aromatic heterocycles. The molecule has 3 saturated heterocycles. The van der Waals surface area contributed by atoms with E-state index >= 15 is 0 Å². The number of rotatable bonds is 11. The Kier molecular flexibility index (Phi) is 9.31. The molecule has 3 rings (SSSR count). The zero-order valence-electron chi connectivity index (χ0n) is 23.0. The average molecular weight is 528 g/mol. The van der Waals surface area contributed by atoms with Crippen molar-refractivity contribution in [1.82, 2.24) is 4.67 Å². The van der Waals surface area contributed by atoms with Gasteiger partial charge in [0, 0.05) is 44.5 Å². The van der Waals surface area contributed by atoms with E-state index in [-0.39, 0.29) is 37.4 Å². The monoisotopic (exact) mass is 527 g/mol. The van der Waals surface area contributed by atoms with Crippen LogP contribution in [-0.2, 0) is 27.6 Å². The molecule has 3 heterocycles. The molecule has 0 amide bonds. The molecule has 0 N–H and O–H groups in total. The van der Waals surface area contributed by atoms with Crippen molar-refractivity contribution in [1.29, 1.82) is 0 Å². The summed E-state index contributed by atoms with van der Waals surface area (Å²) in [5.74, 6) is 0. The third-order valence-electron chi connectivity index (χ3n) is 5.72. The minimum absolute atomic E-state index is 0.0322. The van der Waals surface area contributed by atoms with Crippen molar-refractivity contribution >= 4 is 26.5 Å². The second kappa shape index (κ2) is 13.0. The number of ether oxygens (including phenoxy) is 2. The summed E-state index contributed by atoms with van der Waals surface area (Å²) in [5, 5.41) is -0.167. The molecule has 11 heteroatoms. The van der Waals surface area contributed by atoms with Gasteiger partial charge in [-0.05, 0) is 53.9 Å². The van der Waals surface area contributed by atoms with Crippen LogP contribution in [0.4, 0.5) is 0 Å². The minimum atomic E-state index is -3.10. The van der Waals surface area contributed by atoms with E-state index in [0.29, 0.717) is 25.4 Å². The van der Waals surface area contributed by atoms with Crippen LogP contribution in [-0.4, -0.2) is 78.9 Å². The fraction of sp³-hybridized carbons (Fsp3) is 0.955. The maximum Gasteiger partial charge on any atom is 0.259 e. The highest BCUT2D eigenvalue weighted by molar-refractivity contribution is 8.57. The van der Waals surface area contributed by atoms with Gasteiger partial charge in [0.2, 0.25) is 6.54 Å². The molecule has 3 aliphatic heterocycles. The molecule has 8 nitrogen and oxygen atoms in total. The quantitative estimate of drug-likeness (QED) is 0.192. The summed E-state index contributed by atoms with van der Waals surface area (Å²) in [7, 11) is -1.48. The summed E-state index contributed by atoms with van der Waals surface area (Å²) in [5.41, 5.74) is 0. The van der Waals surface area contributed by atoms with Crippen molar-refractivity contribution < 1.29 is 31.7 Å². The van der Waals surface area contributed by atoms with Crippen molar-refractivity contribution in [2.24, 2.45) is 0 Å². The van der Waals surface area contributed by atoms with Gasteiger partial charge in [0.25, 0.3) is 15.1 Å². The smallest absolute Gasteiger partial charge is 0.259 e. The standard InChI is InChI=1S/C22H40N2O6P2S/c1-16(2)24(17(3)4)31(28-14-11-23-6)29-20-10-13-27-22(20)21-8-7-15-32(25,33-21)30-19-9-12-26-18(19)5/h16-22H,7-15H2,1-5H3/t18-,19+,20+,21-,22+,31?,32-/m1/s1/i5D,12T,13T/t12-,13-,18-,19+,20+,21-,22+,31?,32-. The number of hydrogen-bond acceptors (Lipinski definition) is 8. The SMILES string of the molecule is [2H]C[C@H]1O[C@H]([3H])C[C@@H]1O[P@]1(=O)CCC[C@H]([C@H]2O[C@H]([3H])C[C@@H]2OP(OCC[N+]#[C-])N(C(C)C)C(C)C)S1. The van der Waals surface area contributed by atoms with Gasteiger partial charge in [-0.25, -0.2) is 11.2 Å². The molecule has 3 fully saturated rings. The maximum absolute atomic E-state index is 13.8. The second-order valence-corrected chi connectivity index (χ2v) is 15.4. The molecule has 9 atom stereocenters. The van der Waals surface area contributed by atoms with Crippen LogP contribution in [0.5, 0.6) is 0 Å².